The van der Waals surface area contributed by atoms with Crippen LogP contribution in [0.3, 0.4) is 0 Å². The van der Waals surface area contributed by atoms with Crippen molar-refractivity contribution >= 4 is 33.1 Å². The number of thiophene rings is 1. The average molecular weight is 273 g/mol. The first-order chi connectivity index (χ1) is 7.42. The lowest BCUT2D eigenvalue weighted by molar-refractivity contribution is 0.599. The van der Waals surface area contributed by atoms with Crippen LogP contribution in [0.15, 0.2) is 26.6 Å². The molecule has 3 nitrogen and oxygen atoms in total. The number of allylic oxidation sites excluding steroid dienone is 2. The van der Waals surface area contributed by atoms with E-state index in [9.17, 15) is 8.42 Å². The number of rotatable bonds is 2. The molecular weight excluding hydrogens is 262 g/mol. The van der Waals surface area contributed by atoms with Crippen LogP contribution in [0.25, 0.3) is 0 Å². The Morgan fingerprint density at radius 1 is 1.56 bits per heavy atom. The summed E-state index contributed by atoms with van der Waals surface area (Å²) in [5.41, 5.74) is 1.12. The number of sulfonamides is 1. The molecule has 2 aliphatic rings. The van der Waals surface area contributed by atoms with E-state index in [4.69, 9.17) is 5.14 Å². The molecule has 86 valence electrons. The molecule has 1 fully saturated rings. The maximum atomic E-state index is 11.2. The fraction of sp³-hybridized carbons (Fsp3) is 0.400. The summed E-state index contributed by atoms with van der Waals surface area (Å²) in [6.07, 6.45) is 3.40. The van der Waals surface area contributed by atoms with E-state index in [1.165, 1.54) is 16.2 Å². The molecule has 0 spiro atoms. The number of hydrogen-bond donors (Lipinski definition) is 1. The van der Waals surface area contributed by atoms with Gasteiger partial charge in [-0.05, 0) is 41.2 Å². The van der Waals surface area contributed by atoms with E-state index in [0.29, 0.717) is 5.92 Å². The maximum absolute atomic E-state index is 11.2. The highest BCUT2D eigenvalue weighted by atomic mass is 32.2. The van der Waals surface area contributed by atoms with Gasteiger partial charge in [0.05, 0.1) is 4.75 Å². The van der Waals surface area contributed by atoms with Crippen molar-refractivity contribution in [1.82, 2.24) is 0 Å². The van der Waals surface area contributed by atoms with Gasteiger partial charge in [0, 0.05) is 0 Å². The summed E-state index contributed by atoms with van der Waals surface area (Å²) in [4.78, 5) is 1.33. The maximum Gasteiger partial charge on any atom is 0.247 e. The Hall–Kier alpha value is -0.300. The van der Waals surface area contributed by atoms with Crippen LogP contribution in [0.1, 0.15) is 18.9 Å². The van der Waals surface area contributed by atoms with Gasteiger partial charge in [0.15, 0.2) is 0 Å². The predicted octanol–water partition coefficient (Wildman–Crippen LogP) is 2.26. The van der Waals surface area contributed by atoms with Gasteiger partial charge in [-0.1, -0.05) is 6.08 Å². The molecule has 0 radical (unpaired) electrons. The van der Waals surface area contributed by atoms with E-state index in [0.717, 1.165) is 12.0 Å². The normalized spacial score (nSPS) is 32.4. The van der Waals surface area contributed by atoms with Crippen molar-refractivity contribution in [2.24, 2.45) is 11.1 Å². The molecule has 2 atom stereocenters. The topological polar surface area (TPSA) is 60.2 Å². The lowest BCUT2D eigenvalue weighted by Gasteiger charge is -2.09. The Morgan fingerprint density at radius 3 is 2.81 bits per heavy atom. The summed E-state index contributed by atoms with van der Waals surface area (Å²) in [6, 6.07) is 1.74. The third kappa shape index (κ3) is 1.48. The molecule has 0 saturated heterocycles. The summed E-state index contributed by atoms with van der Waals surface area (Å²) < 4.78 is 22.8. The van der Waals surface area contributed by atoms with E-state index >= 15 is 0 Å². The highest BCUT2D eigenvalue weighted by molar-refractivity contribution is 8.04. The minimum atomic E-state index is -3.54. The molecular formula is C10H11NO2S3. The minimum absolute atomic E-state index is 0.128. The van der Waals surface area contributed by atoms with Crippen molar-refractivity contribution in [2.75, 3.05) is 0 Å². The molecule has 1 aliphatic heterocycles. The molecule has 2 heterocycles. The number of primary sulfonamides is 1. The van der Waals surface area contributed by atoms with E-state index < -0.39 is 10.0 Å². The summed E-state index contributed by atoms with van der Waals surface area (Å²) in [5, 5.41) is 7.05. The van der Waals surface area contributed by atoms with Gasteiger partial charge in [-0.3, -0.25) is 0 Å². The van der Waals surface area contributed by atoms with E-state index in [1.54, 1.807) is 6.07 Å². The second-order valence-corrected chi connectivity index (χ2v) is 8.55. The van der Waals surface area contributed by atoms with Crippen LogP contribution < -0.4 is 5.14 Å². The van der Waals surface area contributed by atoms with Crippen LogP contribution in [-0.4, -0.2) is 8.42 Å². The smallest absolute Gasteiger partial charge is 0.224 e. The SMILES string of the molecule is CC1=CC2CC2(c2csc(S(N)(=O)=O)c2)S1. The molecule has 0 aromatic carbocycles. The summed E-state index contributed by atoms with van der Waals surface area (Å²) >= 11 is 3.07. The molecule has 2 unspecified atom stereocenters. The zero-order chi connectivity index (χ0) is 11.6. The Morgan fingerprint density at radius 2 is 2.31 bits per heavy atom. The molecule has 1 aromatic heterocycles. The summed E-state index contributed by atoms with van der Waals surface area (Å²) in [7, 11) is -3.54. The number of fused-ring (bicyclic) bond motifs is 1. The van der Waals surface area contributed by atoms with Gasteiger partial charge >= 0.3 is 0 Å². The Balaban J connectivity index is 1.97. The molecule has 1 saturated carbocycles. The average Bonchev–Trinajstić information content (AvgIpc) is 2.64. The van der Waals surface area contributed by atoms with Crippen LogP contribution >= 0.6 is 23.1 Å². The monoisotopic (exact) mass is 273 g/mol. The van der Waals surface area contributed by atoms with Gasteiger partial charge in [-0.15, -0.1) is 23.1 Å². The molecule has 3 rings (SSSR count). The van der Waals surface area contributed by atoms with Crippen LogP contribution in [0.5, 0.6) is 0 Å². The minimum Gasteiger partial charge on any atom is -0.224 e. The quantitative estimate of drug-likeness (QED) is 0.899. The molecule has 0 amide bonds. The van der Waals surface area contributed by atoms with Crippen molar-refractivity contribution < 1.29 is 8.42 Å². The van der Waals surface area contributed by atoms with E-state index in [1.807, 2.05) is 17.1 Å². The fourth-order valence-corrected chi connectivity index (χ4v) is 5.55. The molecule has 1 aromatic rings. The lowest BCUT2D eigenvalue weighted by Crippen LogP contribution is -2.10. The van der Waals surface area contributed by atoms with Crippen molar-refractivity contribution in [3.63, 3.8) is 0 Å². The standard InChI is InChI=1S/C10H11NO2S3/c1-6-2-7-4-10(7,15-6)8-3-9(14-5-8)16(11,12)13/h2-3,5,7H,4H2,1H3,(H2,11,12,13). The van der Waals surface area contributed by atoms with Crippen molar-refractivity contribution in [1.29, 1.82) is 0 Å². The Bertz CT molecular complexity index is 587. The highest BCUT2D eigenvalue weighted by Gasteiger charge is 2.58. The van der Waals surface area contributed by atoms with Gasteiger partial charge < -0.3 is 0 Å². The predicted molar refractivity (Wildman–Crippen MR) is 66.8 cm³/mol. The summed E-state index contributed by atoms with van der Waals surface area (Å²) in [5.74, 6) is 0.584. The van der Waals surface area contributed by atoms with Gasteiger partial charge in [0.1, 0.15) is 4.21 Å². The second-order valence-electron chi connectivity index (χ2n) is 4.28. The van der Waals surface area contributed by atoms with Crippen LogP contribution in [-0.2, 0) is 14.8 Å². The lowest BCUT2D eigenvalue weighted by atomic mass is 10.2. The molecule has 0 bridgehead atoms. The van der Waals surface area contributed by atoms with Crippen molar-refractivity contribution in [3.05, 3.63) is 28.0 Å². The zero-order valence-electron chi connectivity index (χ0n) is 8.64. The first kappa shape index (κ1) is 10.8. The first-order valence-electron chi connectivity index (χ1n) is 4.91. The third-order valence-electron chi connectivity index (χ3n) is 3.09. The zero-order valence-corrected chi connectivity index (χ0v) is 11.1. The van der Waals surface area contributed by atoms with Gasteiger partial charge in [0.2, 0.25) is 10.0 Å². The first-order valence-corrected chi connectivity index (χ1v) is 8.15. The van der Waals surface area contributed by atoms with E-state index in [-0.39, 0.29) is 8.96 Å². The molecule has 2 N–H and O–H groups in total. The highest BCUT2D eigenvalue weighted by Crippen LogP contribution is 2.69. The summed E-state index contributed by atoms with van der Waals surface area (Å²) in [6.45, 7) is 2.10. The third-order valence-corrected chi connectivity index (χ3v) is 7.00. The Kier molecular flexibility index (Phi) is 2.12. The number of nitrogens with two attached hydrogens (primary N) is 1. The fourth-order valence-electron chi connectivity index (χ4n) is 2.26. The van der Waals surface area contributed by atoms with Gasteiger partial charge in [0.25, 0.3) is 0 Å². The molecule has 1 aliphatic carbocycles. The van der Waals surface area contributed by atoms with Crippen molar-refractivity contribution in [3.8, 4) is 0 Å². The molecule has 16 heavy (non-hydrogen) atoms. The van der Waals surface area contributed by atoms with Gasteiger partial charge in [-0.25, -0.2) is 13.6 Å². The van der Waals surface area contributed by atoms with E-state index in [2.05, 4.69) is 13.0 Å². The molecule has 6 heteroatoms. The van der Waals surface area contributed by atoms with Gasteiger partial charge in [-0.2, -0.15) is 0 Å². The second kappa shape index (κ2) is 3.13. The van der Waals surface area contributed by atoms with Crippen LogP contribution in [0, 0.1) is 5.92 Å². The number of hydrogen-bond acceptors (Lipinski definition) is 4. The van der Waals surface area contributed by atoms with Crippen LogP contribution in [0.4, 0.5) is 0 Å². The number of thioether (sulfide) groups is 1. The van der Waals surface area contributed by atoms with Crippen molar-refractivity contribution in [2.45, 2.75) is 22.3 Å². The Labute approximate surface area is 103 Å². The largest absolute Gasteiger partial charge is 0.247 e. The van der Waals surface area contributed by atoms with Crippen LogP contribution in [0.2, 0.25) is 0 Å².